The number of hydrogen-bond acceptors (Lipinski definition) is 4. The van der Waals surface area contributed by atoms with Crippen molar-refractivity contribution in [3.05, 3.63) is 30.1 Å². The van der Waals surface area contributed by atoms with E-state index in [0.29, 0.717) is 11.8 Å². The third-order valence-corrected chi connectivity index (χ3v) is 4.91. The summed E-state index contributed by atoms with van der Waals surface area (Å²) in [6, 6.07) is 7.90. The highest BCUT2D eigenvalue weighted by Gasteiger charge is 2.31. The molecule has 2 aromatic rings. The van der Waals surface area contributed by atoms with Crippen molar-refractivity contribution >= 4 is 23.4 Å². The third-order valence-electron chi connectivity index (χ3n) is 3.95. The van der Waals surface area contributed by atoms with Crippen LogP contribution < -0.4 is 5.32 Å². The number of nitrogens with zero attached hydrogens (tertiary/aromatic N) is 3. The molecule has 3 rings (SSSR count). The summed E-state index contributed by atoms with van der Waals surface area (Å²) in [7, 11) is 0. The summed E-state index contributed by atoms with van der Waals surface area (Å²) in [5, 5.41) is 12.7. The highest BCUT2D eigenvalue weighted by atomic mass is 32.2. The number of anilines is 1. The molecule has 0 bridgehead atoms. The molecule has 24 heavy (non-hydrogen) atoms. The van der Waals surface area contributed by atoms with Gasteiger partial charge in [0.25, 0.3) is 0 Å². The van der Waals surface area contributed by atoms with E-state index >= 15 is 0 Å². The topological polar surface area (TPSA) is 59.8 Å². The van der Waals surface area contributed by atoms with Gasteiger partial charge in [-0.1, -0.05) is 31.7 Å². The number of carbonyl (C=O) groups excluding carboxylic acids is 1. The smallest absolute Gasteiger partial charge is 0.221 e. The summed E-state index contributed by atoms with van der Waals surface area (Å²) in [5.74, 6) is 3.21. The fourth-order valence-corrected chi connectivity index (χ4v) is 3.73. The van der Waals surface area contributed by atoms with Crippen LogP contribution in [0, 0.1) is 5.92 Å². The molecule has 0 saturated heterocycles. The summed E-state index contributed by atoms with van der Waals surface area (Å²) in [4.78, 5) is 11.3. The predicted molar refractivity (Wildman–Crippen MR) is 97.8 cm³/mol. The van der Waals surface area contributed by atoms with Gasteiger partial charge in [0.2, 0.25) is 5.91 Å². The number of thioether (sulfide) groups is 1. The number of rotatable bonds is 7. The lowest BCUT2D eigenvalue weighted by molar-refractivity contribution is -0.114. The van der Waals surface area contributed by atoms with E-state index in [-0.39, 0.29) is 5.91 Å². The molecule has 0 atom stereocenters. The second kappa shape index (κ2) is 7.38. The first kappa shape index (κ1) is 17.0. The maximum atomic E-state index is 11.3. The number of nitrogens with one attached hydrogen (secondary N) is 1. The Kier molecular flexibility index (Phi) is 5.23. The Morgan fingerprint density at radius 1 is 1.38 bits per heavy atom. The molecule has 0 unspecified atom stereocenters. The molecule has 1 heterocycles. The largest absolute Gasteiger partial charge is 0.326 e. The quantitative estimate of drug-likeness (QED) is 0.763. The molecule has 1 aliphatic rings. The minimum absolute atomic E-state index is 0.0649. The first-order chi connectivity index (χ1) is 11.5. The van der Waals surface area contributed by atoms with Gasteiger partial charge in [-0.05, 0) is 43.4 Å². The zero-order chi connectivity index (χ0) is 17.1. The molecule has 5 nitrogen and oxygen atoms in total. The van der Waals surface area contributed by atoms with Crippen LogP contribution >= 0.6 is 11.8 Å². The lowest BCUT2D eigenvalue weighted by Crippen LogP contribution is -2.07. The van der Waals surface area contributed by atoms with Crippen LogP contribution in [0.2, 0.25) is 0 Å². The van der Waals surface area contributed by atoms with Crippen molar-refractivity contribution in [1.82, 2.24) is 14.8 Å². The van der Waals surface area contributed by atoms with E-state index in [2.05, 4.69) is 33.9 Å². The molecule has 0 radical (unpaired) electrons. The van der Waals surface area contributed by atoms with Gasteiger partial charge in [-0.25, -0.2) is 0 Å². The molecule has 128 valence electrons. The van der Waals surface area contributed by atoms with Crippen molar-refractivity contribution < 1.29 is 4.79 Å². The molecule has 0 aliphatic heterocycles. The van der Waals surface area contributed by atoms with Crippen LogP contribution in [0.25, 0.3) is 5.69 Å². The number of aromatic nitrogens is 3. The Bertz CT molecular complexity index is 722. The van der Waals surface area contributed by atoms with Crippen LogP contribution in [0.1, 0.15) is 51.8 Å². The Balaban J connectivity index is 1.89. The van der Waals surface area contributed by atoms with Crippen molar-refractivity contribution in [2.45, 2.75) is 51.1 Å². The second-order valence-corrected chi connectivity index (χ2v) is 7.78. The number of carbonyl (C=O) groups is 1. The average molecular weight is 344 g/mol. The van der Waals surface area contributed by atoms with Gasteiger partial charge in [-0.3, -0.25) is 9.36 Å². The van der Waals surface area contributed by atoms with E-state index in [9.17, 15) is 4.79 Å². The lowest BCUT2D eigenvalue weighted by Gasteiger charge is -2.12. The number of amides is 1. The molecule has 1 aliphatic carbocycles. The minimum Gasteiger partial charge on any atom is -0.326 e. The Labute approximate surface area is 147 Å². The van der Waals surface area contributed by atoms with Crippen molar-refractivity contribution in [2.75, 3.05) is 11.1 Å². The first-order valence-electron chi connectivity index (χ1n) is 8.50. The maximum Gasteiger partial charge on any atom is 0.221 e. The van der Waals surface area contributed by atoms with Crippen molar-refractivity contribution in [2.24, 2.45) is 5.92 Å². The molecule has 0 spiro atoms. The molecular formula is C18H24N4OS. The first-order valence-corrected chi connectivity index (χ1v) is 9.49. The molecule has 1 N–H and O–H groups in total. The number of hydrogen-bond donors (Lipinski definition) is 1. The third kappa shape index (κ3) is 4.17. The highest BCUT2D eigenvalue weighted by molar-refractivity contribution is 7.99. The predicted octanol–water partition coefficient (Wildman–Crippen LogP) is 4.24. The zero-order valence-corrected chi connectivity index (χ0v) is 15.3. The Morgan fingerprint density at radius 2 is 2.17 bits per heavy atom. The van der Waals surface area contributed by atoms with Gasteiger partial charge in [0, 0.05) is 24.3 Å². The van der Waals surface area contributed by atoms with E-state index in [1.807, 2.05) is 24.3 Å². The molecule has 1 aromatic heterocycles. The molecular weight excluding hydrogens is 320 g/mol. The van der Waals surface area contributed by atoms with Gasteiger partial charge < -0.3 is 5.32 Å². The van der Waals surface area contributed by atoms with Crippen LogP contribution in [0.4, 0.5) is 5.69 Å². The monoisotopic (exact) mass is 344 g/mol. The van der Waals surface area contributed by atoms with Gasteiger partial charge in [0.1, 0.15) is 5.82 Å². The number of benzene rings is 1. The van der Waals surface area contributed by atoms with Gasteiger partial charge >= 0.3 is 0 Å². The molecule has 1 saturated carbocycles. The zero-order valence-electron chi connectivity index (χ0n) is 14.5. The molecule has 1 aromatic carbocycles. The summed E-state index contributed by atoms with van der Waals surface area (Å²) < 4.78 is 2.16. The summed E-state index contributed by atoms with van der Waals surface area (Å²) in [5.41, 5.74) is 1.81. The van der Waals surface area contributed by atoms with Crippen LogP contribution in [-0.4, -0.2) is 26.4 Å². The standard InChI is InChI=1S/C18H24N4OS/c1-12(2)9-10-24-18-21-20-17(14-7-8-14)22(18)16-6-4-5-15(11-16)19-13(3)23/h4-6,11-12,14H,7-10H2,1-3H3,(H,19,23). The van der Waals surface area contributed by atoms with Crippen LogP contribution in [0.15, 0.2) is 29.4 Å². The van der Waals surface area contributed by atoms with Crippen LogP contribution in [0.5, 0.6) is 0 Å². The van der Waals surface area contributed by atoms with E-state index < -0.39 is 0 Å². The average Bonchev–Trinajstić information content (AvgIpc) is 3.27. The Hall–Kier alpha value is -1.82. The maximum absolute atomic E-state index is 11.3. The van der Waals surface area contributed by atoms with Crippen molar-refractivity contribution in [1.29, 1.82) is 0 Å². The summed E-state index contributed by atoms with van der Waals surface area (Å²) in [6.45, 7) is 5.99. The van der Waals surface area contributed by atoms with Crippen molar-refractivity contribution in [3.63, 3.8) is 0 Å². The van der Waals surface area contributed by atoms with Gasteiger partial charge in [0.05, 0.1) is 5.69 Å². The van der Waals surface area contributed by atoms with E-state index in [0.717, 1.165) is 34.5 Å². The lowest BCUT2D eigenvalue weighted by atomic mass is 10.2. The van der Waals surface area contributed by atoms with Crippen molar-refractivity contribution in [3.8, 4) is 5.69 Å². The van der Waals surface area contributed by atoms with Gasteiger partial charge in [-0.2, -0.15) is 0 Å². The second-order valence-electron chi connectivity index (χ2n) is 6.71. The van der Waals surface area contributed by atoms with E-state index in [4.69, 9.17) is 0 Å². The minimum atomic E-state index is -0.0649. The van der Waals surface area contributed by atoms with Crippen LogP contribution in [-0.2, 0) is 4.79 Å². The summed E-state index contributed by atoms with van der Waals surface area (Å²) >= 11 is 1.76. The summed E-state index contributed by atoms with van der Waals surface area (Å²) in [6.07, 6.45) is 3.52. The fourth-order valence-electron chi connectivity index (χ4n) is 2.54. The molecule has 1 amide bonds. The highest BCUT2D eigenvalue weighted by Crippen LogP contribution is 2.41. The van der Waals surface area contributed by atoms with E-state index in [1.165, 1.54) is 19.8 Å². The SMILES string of the molecule is CC(=O)Nc1cccc(-n2c(SCCC(C)C)nnc2C2CC2)c1. The fraction of sp³-hybridized carbons (Fsp3) is 0.500. The van der Waals surface area contributed by atoms with Gasteiger partial charge in [-0.15, -0.1) is 10.2 Å². The Morgan fingerprint density at radius 3 is 2.83 bits per heavy atom. The van der Waals surface area contributed by atoms with Crippen LogP contribution in [0.3, 0.4) is 0 Å². The normalized spacial score (nSPS) is 14.2. The van der Waals surface area contributed by atoms with E-state index in [1.54, 1.807) is 11.8 Å². The van der Waals surface area contributed by atoms with Gasteiger partial charge in [0.15, 0.2) is 5.16 Å². The molecule has 1 fully saturated rings. The molecule has 6 heteroatoms.